The quantitative estimate of drug-likeness (QED) is 0.659. The van der Waals surface area contributed by atoms with Gasteiger partial charge in [-0.05, 0) is 55.7 Å². The fourth-order valence-electron chi connectivity index (χ4n) is 2.63. The number of amides is 1. The first kappa shape index (κ1) is 18.9. The van der Waals surface area contributed by atoms with Gasteiger partial charge in [-0.2, -0.15) is 0 Å². The summed E-state index contributed by atoms with van der Waals surface area (Å²) < 4.78 is 0. The molecular weight excluding hydrogens is 360 g/mol. The molecule has 0 aliphatic heterocycles. The Bertz CT molecular complexity index is 970. The van der Waals surface area contributed by atoms with E-state index in [1.165, 1.54) is 0 Å². The van der Waals surface area contributed by atoms with Crippen LogP contribution in [0.5, 0.6) is 0 Å². The molecule has 0 saturated carbocycles. The Hall–Kier alpha value is -2.92. The molecule has 0 aliphatic carbocycles. The molecule has 0 unspecified atom stereocenters. The third-order valence-electron chi connectivity index (χ3n) is 4.10. The first-order valence-electron chi connectivity index (χ1n) is 8.63. The van der Waals surface area contributed by atoms with Crippen molar-refractivity contribution in [3.05, 3.63) is 81.8 Å². The van der Waals surface area contributed by atoms with Crippen molar-refractivity contribution in [3.63, 3.8) is 0 Å². The van der Waals surface area contributed by atoms with Crippen molar-refractivity contribution in [1.29, 1.82) is 0 Å². The molecule has 0 spiro atoms. The lowest BCUT2D eigenvalue weighted by Gasteiger charge is -2.11. The summed E-state index contributed by atoms with van der Waals surface area (Å²) in [5.41, 5.74) is 4.26. The first-order valence-corrected chi connectivity index (χ1v) is 9.01. The Labute approximate surface area is 163 Å². The summed E-state index contributed by atoms with van der Waals surface area (Å²) in [5, 5.41) is 6.85. The molecule has 0 radical (unpaired) electrons. The van der Waals surface area contributed by atoms with Gasteiger partial charge in [-0.3, -0.25) is 4.79 Å². The number of nitrogens with zero attached hydrogens (tertiary/aromatic N) is 2. The highest BCUT2D eigenvalue weighted by atomic mass is 35.5. The summed E-state index contributed by atoms with van der Waals surface area (Å²) >= 11 is 5.91. The first-order chi connectivity index (χ1) is 12.9. The number of hydrogen-bond donors (Lipinski definition) is 2. The van der Waals surface area contributed by atoms with Gasteiger partial charge in [0.05, 0.1) is 0 Å². The molecule has 1 aromatic heterocycles. The summed E-state index contributed by atoms with van der Waals surface area (Å²) in [4.78, 5) is 21.3. The van der Waals surface area contributed by atoms with Crippen LogP contribution in [0.2, 0.25) is 5.02 Å². The van der Waals surface area contributed by atoms with Gasteiger partial charge in [0.1, 0.15) is 17.3 Å². The zero-order valence-electron chi connectivity index (χ0n) is 15.5. The molecule has 0 aliphatic rings. The molecule has 2 aromatic carbocycles. The maximum atomic E-state index is 12.6. The van der Waals surface area contributed by atoms with E-state index in [1.54, 1.807) is 13.0 Å². The van der Waals surface area contributed by atoms with Crippen LogP contribution in [0.15, 0.2) is 48.5 Å². The van der Waals surface area contributed by atoms with Crippen molar-refractivity contribution >= 4 is 29.0 Å². The topological polar surface area (TPSA) is 66.9 Å². The van der Waals surface area contributed by atoms with Gasteiger partial charge < -0.3 is 10.6 Å². The van der Waals surface area contributed by atoms with Gasteiger partial charge in [0.15, 0.2) is 0 Å². The molecule has 0 saturated heterocycles. The molecule has 3 rings (SSSR count). The molecule has 27 heavy (non-hydrogen) atoms. The summed E-state index contributed by atoms with van der Waals surface area (Å²) in [5.74, 6) is 0.870. The van der Waals surface area contributed by atoms with Crippen molar-refractivity contribution in [3.8, 4) is 0 Å². The lowest BCUT2D eigenvalue weighted by Crippen LogP contribution is -2.16. The Morgan fingerprint density at radius 2 is 1.74 bits per heavy atom. The Balaban J connectivity index is 1.74. The lowest BCUT2D eigenvalue weighted by molar-refractivity contribution is 0.102. The van der Waals surface area contributed by atoms with Gasteiger partial charge in [0.2, 0.25) is 0 Å². The van der Waals surface area contributed by atoms with Gasteiger partial charge in [0.25, 0.3) is 5.91 Å². The summed E-state index contributed by atoms with van der Waals surface area (Å²) in [6, 6.07) is 15.2. The van der Waals surface area contributed by atoms with Crippen LogP contribution in [0.25, 0.3) is 0 Å². The van der Waals surface area contributed by atoms with E-state index in [0.29, 0.717) is 28.9 Å². The van der Waals surface area contributed by atoms with E-state index >= 15 is 0 Å². The van der Waals surface area contributed by atoms with E-state index in [1.807, 2.05) is 56.3 Å². The molecule has 0 fully saturated rings. The van der Waals surface area contributed by atoms with Gasteiger partial charge in [-0.1, -0.05) is 35.9 Å². The normalized spacial score (nSPS) is 10.5. The zero-order valence-corrected chi connectivity index (χ0v) is 16.3. The molecule has 1 amide bonds. The van der Waals surface area contributed by atoms with Crippen molar-refractivity contribution in [1.82, 2.24) is 9.97 Å². The minimum Gasteiger partial charge on any atom is -0.366 e. The van der Waals surface area contributed by atoms with Gasteiger partial charge in [0, 0.05) is 23.3 Å². The second kappa shape index (κ2) is 8.18. The van der Waals surface area contributed by atoms with Crippen LogP contribution in [0, 0.1) is 20.8 Å². The highest BCUT2D eigenvalue weighted by Crippen LogP contribution is 2.18. The average Bonchev–Trinajstić information content (AvgIpc) is 2.64. The minimum atomic E-state index is -0.260. The van der Waals surface area contributed by atoms with E-state index in [0.717, 1.165) is 22.4 Å². The second-order valence-corrected chi connectivity index (χ2v) is 6.87. The molecular formula is C21H21ClN4O. The lowest BCUT2D eigenvalue weighted by atomic mass is 10.1. The van der Waals surface area contributed by atoms with Crippen molar-refractivity contribution in [2.45, 2.75) is 27.3 Å². The third-order valence-corrected chi connectivity index (χ3v) is 4.35. The monoisotopic (exact) mass is 380 g/mol. The molecule has 2 N–H and O–H groups in total. The average molecular weight is 381 g/mol. The van der Waals surface area contributed by atoms with Crippen LogP contribution in [-0.2, 0) is 6.54 Å². The standard InChI is InChI=1S/C21H21ClN4O/c1-13-4-5-14(2)18(10-13)26-21(27)19-11-20(25-15(3)24-19)23-12-16-6-8-17(22)9-7-16/h4-11H,12H2,1-3H3,(H,26,27)(H,23,24,25). The molecule has 0 bridgehead atoms. The highest BCUT2D eigenvalue weighted by molar-refractivity contribution is 6.30. The predicted molar refractivity (Wildman–Crippen MR) is 109 cm³/mol. The van der Waals surface area contributed by atoms with Gasteiger partial charge in [-0.15, -0.1) is 0 Å². The Kier molecular flexibility index (Phi) is 5.72. The molecule has 3 aromatic rings. The van der Waals surface area contributed by atoms with Crippen LogP contribution in [-0.4, -0.2) is 15.9 Å². The van der Waals surface area contributed by atoms with E-state index in [-0.39, 0.29) is 5.91 Å². The largest absolute Gasteiger partial charge is 0.366 e. The Morgan fingerprint density at radius 1 is 1.00 bits per heavy atom. The fourth-order valence-corrected chi connectivity index (χ4v) is 2.75. The summed E-state index contributed by atoms with van der Waals surface area (Å²) in [6.45, 7) is 6.29. The van der Waals surface area contributed by atoms with Crippen LogP contribution in [0.4, 0.5) is 11.5 Å². The smallest absolute Gasteiger partial charge is 0.274 e. The molecule has 6 heteroatoms. The van der Waals surface area contributed by atoms with Crippen molar-refractivity contribution in [2.75, 3.05) is 10.6 Å². The number of carbonyl (C=O) groups excluding carboxylic acids is 1. The van der Waals surface area contributed by atoms with E-state index in [4.69, 9.17) is 11.6 Å². The number of carbonyl (C=O) groups is 1. The third kappa shape index (κ3) is 5.05. The maximum Gasteiger partial charge on any atom is 0.274 e. The SMILES string of the molecule is Cc1ccc(C)c(NC(=O)c2cc(NCc3ccc(Cl)cc3)nc(C)n2)c1. The number of nitrogens with one attached hydrogen (secondary N) is 2. The molecule has 0 atom stereocenters. The Morgan fingerprint density at radius 3 is 2.48 bits per heavy atom. The van der Waals surface area contributed by atoms with Crippen molar-refractivity contribution < 1.29 is 4.79 Å². The van der Waals surface area contributed by atoms with Crippen LogP contribution in [0.3, 0.4) is 0 Å². The number of aromatic nitrogens is 2. The van der Waals surface area contributed by atoms with E-state index < -0.39 is 0 Å². The van der Waals surface area contributed by atoms with E-state index in [2.05, 4.69) is 20.6 Å². The second-order valence-electron chi connectivity index (χ2n) is 6.44. The van der Waals surface area contributed by atoms with Gasteiger partial charge >= 0.3 is 0 Å². The maximum absolute atomic E-state index is 12.6. The molecule has 1 heterocycles. The number of halogens is 1. The number of hydrogen-bond acceptors (Lipinski definition) is 4. The number of anilines is 2. The summed E-state index contributed by atoms with van der Waals surface area (Å²) in [6.07, 6.45) is 0. The highest BCUT2D eigenvalue weighted by Gasteiger charge is 2.12. The van der Waals surface area contributed by atoms with Crippen LogP contribution < -0.4 is 10.6 Å². The zero-order chi connectivity index (χ0) is 19.4. The number of rotatable bonds is 5. The van der Waals surface area contributed by atoms with Crippen LogP contribution in [0.1, 0.15) is 33.0 Å². The fraction of sp³-hybridized carbons (Fsp3) is 0.190. The number of aryl methyl sites for hydroxylation is 3. The van der Waals surface area contributed by atoms with Gasteiger partial charge in [-0.25, -0.2) is 9.97 Å². The molecule has 138 valence electrons. The van der Waals surface area contributed by atoms with E-state index in [9.17, 15) is 4.79 Å². The number of benzene rings is 2. The van der Waals surface area contributed by atoms with Crippen LogP contribution >= 0.6 is 11.6 Å². The molecule has 5 nitrogen and oxygen atoms in total. The van der Waals surface area contributed by atoms with Crippen molar-refractivity contribution in [2.24, 2.45) is 0 Å². The minimum absolute atomic E-state index is 0.260. The predicted octanol–water partition coefficient (Wildman–Crippen LogP) is 4.92. The summed E-state index contributed by atoms with van der Waals surface area (Å²) in [7, 11) is 0.